The molecule has 1 atom stereocenters. The number of hydrogen-bond acceptors (Lipinski definition) is 4. The molecule has 0 aromatic carbocycles. The van der Waals surface area contributed by atoms with E-state index in [1.54, 1.807) is 11.3 Å². The van der Waals surface area contributed by atoms with Crippen molar-refractivity contribution < 1.29 is 4.79 Å². The average Bonchev–Trinajstić information content (AvgIpc) is 3.27. The van der Waals surface area contributed by atoms with Gasteiger partial charge in [0, 0.05) is 24.5 Å². The Hall–Kier alpha value is -1.60. The van der Waals surface area contributed by atoms with Crippen LogP contribution in [0.25, 0.3) is 0 Å². The SMILES string of the molecule is CCNC(=O)CN=C(NCC)NCC(c1cccs1)N1CCCC1. The quantitative estimate of drug-likeness (QED) is 0.491. The summed E-state index contributed by atoms with van der Waals surface area (Å²) in [4.78, 5) is 19.9. The van der Waals surface area contributed by atoms with Crippen LogP contribution in [0.3, 0.4) is 0 Å². The van der Waals surface area contributed by atoms with Gasteiger partial charge in [-0.25, -0.2) is 4.99 Å². The number of carbonyl (C=O) groups excluding carboxylic acids is 1. The van der Waals surface area contributed by atoms with Gasteiger partial charge in [0.25, 0.3) is 0 Å². The summed E-state index contributed by atoms with van der Waals surface area (Å²) in [5.41, 5.74) is 0. The lowest BCUT2D eigenvalue weighted by Gasteiger charge is -2.27. The topological polar surface area (TPSA) is 68.8 Å². The zero-order chi connectivity index (χ0) is 17.2. The highest BCUT2D eigenvalue weighted by atomic mass is 32.1. The highest BCUT2D eigenvalue weighted by molar-refractivity contribution is 7.10. The van der Waals surface area contributed by atoms with Crippen molar-refractivity contribution in [2.24, 2.45) is 4.99 Å². The Morgan fingerprint density at radius 2 is 2.00 bits per heavy atom. The second-order valence-corrected chi connectivity index (χ2v) is 6.78. The fraction of sp³-hybridized carbons (Fsp3) is 0.647. The van der Waals surface area contributed by atoms with Crippen LogP contribution in [-0.2, 0) is 4.79 Å². The van der Waals surface area contributed by atoms with Crippen molar-refractivity contribution in [2.75, 3.05) is 39.3 Å². The summed E-state index contributed by atoms with van der Waals surface area (Å²) in [7, 11) is 0. The van der Waals surface area contributed by atoms with E-state index in [1.165, 1.54) is 17.7 Å². The third-order valence-corrected chi connectivity index (χ3v) is 4.99. The average molecular weight is 352 g/mol. The Kier molecular flexibility index (Phi) is 8.04. The predicted molar refractivity (Wildman–Crippen MR) is 101 cm³/mol. The fourth-order valence-corrected chi connectivity index (χ4v) is 3.74. The molecule has 1 aromatic heterocycles. The van der Waals surface area contributed by atoms with E-state index in [0.717, 1.165) is 26.2 Å². The molecular formula is C17H29N5OS. The van der Waals surface area contributed by atoms with Gasteiger partial charge in [0.1, 0.15) is 6.54 Å². The Morgan fingerprint density at radius 1 is 1.25 bits per heavy atom. The summed E-state index contributed by atoms with van der Waals surface area (Å²) < 4.78 is 0. The molecule has 1 saturated heterocycles. The van der Waals surface area contributed by atoms with Gasteiger partial charge in [-0.1, -0.05) is 6.07 Å². The molecule has 1 amide bonds. The lowest BCUT2D eigenvalue weighted by Crippen LogP contribution is -2.43. The minimum absolute atomic E-state index is 0.0518. The number of carbonyl (C=O) groups is 1. The number of hydrogen-bond donors (Lipinski definition) is 3. The number of guanidine groups is 1. The fourth-order valence-electron chi connectivity index (χ4n) is 2.88. The monoisotopic (exact) mass is 351 g/mol. The Labute approximate surface area is 148 Å². The molecule has 24 heavy (non-hydrogen) atoms. The molecule has 134 valence electrons. The Balaban J connectivity index is 1.96. The zero-order valence-corrected chi connectivity index (χ0v) is 15.5. The van der Waals surface area contributed by atoms with Gasteiger partial charge in [0.15, 0.2) is 5.96 Å². The van der Waals surface area contributed by atoms with Crippen molar-refractivity contribution in [3.8, 4) is 0 Å². The number of likely N-dealkylation sites (N-methyl/N-ethyl adjacent to an activating group) is 1. The minimum atomic E-state index is -0.0518. The summed E-state index contributed by atoms with van der Waals surface area (Å²) in [5, 5.41) is 11.5. The van der Waals surface area contributed by atoms with Gasteiger partial charge in [0.2, 0.25) is 5.91 Å². The molecule has 2 heterocycles. The van der Waals surface area contributed by atoms with Gasteiger partial charge < -0.3 is 16.0 Å². The first-order chi connectivity index (χ1) is 11.7. The molecule has 3 N–H and O–H groups in total. The van der Waals surface area contributed by atoms with E-state index < -0.39 is 0 Å². The number of amides is 1. The number of rotatable bonds is 8. The Morgan fingerprint density at radius 3 is 2.62 bits per heavy atom. The van der Waals surface area contributed by atoms with Gasteiger partial charge in [-0.3, -0.25) is 9.69 Å². The molecule has 0 saturated carbocycles. The molecule has 1 fully saturated rings. The lowest BCUT2D eigenvalue weighted by molar-refractivity contribution is -0.119. The van der Waals surface area contributed by atoms with Gasteiger partial charge >= 0.3 is 0 Å². The third kappa shape index (κ3) is 5.79. The molecule has 1 unspecified atom stereocenters. The van der Waals surface area contributed by atoms with Gasteiger partial charge in [-0.15, -0.1) is 11.3 Å². The minimum Gasteiger partial charge on any atom is -0.357 e. The van der Waals surface area contributed by atoms with Gasteiger partial charge in [-0.2, -0.15) is 0 Å². The molecule has 1 aliphatic rings. The van der Waals surface area contributed by atoms with E-state index in [9.17, 15) is 4.79 Å². The van der Waals surface area contributed by atoms with Crippen LogP contribution in [0.2, 0.25) is 0 Å². The van der Waals surface area contributed by atoms with Gasteiger partial charge in [0.05, 0.1) is 6.04 Å². The van der Waals surface area contributed by atoms with Crippen LogP contribution in [0.15, 0.2) is 22.5 Å². The van der Waals surface area contributed by atoms with Crippen LogP contribution < -0.4 is 16.0 Å². The first-order valence-electron chi connectivity index (χ1n) is 8.81. The summed E-state index contributed by atoms with van der Waals surface area (Å²) in [5.74, 6) is 0.647. The lowest BCUT2D eigenvalue weighted by atomic mass is 10.2. The number of nitrogens with zero attached hydrogens (tertiary/aromatic N) is 2. The smallest absolute Gasteiger partial charge is 0.241 e. The van der Waals surface area contributed by atoms with Crippen molar-refractivity contribution in [3.63, 3.8) is 0 Å². The first kappa shape index (κ1) is 18.7. The number of thiophene rings is 1. The summed E-state index contributed by atoms with van der Waals surface area (Å²) in [6.45, 7) is 8.58. The van der Waals surface area contributed by atoms with Crippen molar-refractivity contribution in [1.29, 1.82) is 0 Å². The molecule has 0 aliphatic carbocycles. The van der Waals surface area contributed by atoms with Gasteiger partial charge in [-0.05, 0) is 51.2 Å². The molecule has 0 spiro atoms. The van der Waals surface area contributed by atoms with Crippen LogP contribution in [0, 0.1) is 0 Å². The maximum absolute atomic E-state index is 11.6. The van der Waals surface area contributed by atoms with Crippen molar-refractivity contribution >= 4 is 23.2 Å². The standard InChI is InChI=1S/C17H29N5OS/c1-3-18-16(23)13-21-17(19-4-2)20-12-14(15-8-7-11-24-15)22-9-5-6-10-22/h7-8,11,14H,3-6,9-10,12-13H2,1-2H3,(H,18,23)(H2,19,20,21). The second-order valence-electron chi connectivity index (χ2n) is 5.80. The Bertz CT molecular complexity index is 511. The highest BCUT2D eigenvalue weighted by Crippen LogP contribution is 2.27. The maximum Gasteiger partial charge on any atom is 0.241 e. The molecule has 6 nitrogen and oxygen atoms in total. The van der Waals surface area contributed by atoms with Crippen LogP contribution >= 0.6 is 11.3 Å². The van der Waals surface area contributed by atoms with Crippen LogP contribution in [-0.4, -0.2) is 56.0 Å². The van der Waals surface area contributed by atoms with Crippen molar-refractivity contribution in [2.45, 2.75) is 32.7 Å². The zero-order valence-electron chi connectivity index (χ0n) is 14.7. The molecule has 2 rings (SSSR count). The number of aliphatic imine (C=N–C) groups is 1. The predicted octanol–water partition coefficient (Wildman–Crippen LogP) is 1.58. The second kappa shape index (κ2) is 10.3. The number of nitrogens with one attached hydrogen (secondary N) is 3. The highest BCUT2D eigenvalue weighted by Gasteiger charge is 2.24. The molecule has 0 radical (unpaired) electrons. The van der Waals surface area contributed by atoms with Crippen LogP contribution in [0.1, 0.15) is 37.6 Å². The third-order valence-electron chi connectivity index (χ3n) is 4.01. The van der Waals surface area contributed by atoms with E-state index in [4.69, 9.17) is 0 Å². The molecule has 1 aliphatic heterocycles. The number of likely N-dealkylation sites (tertiary alicyclic amines) is 1. The molecule has 1 aromatic rings. The maximum atomic E-state index is 11.6. The van der Waals surface area contributed by atoms with E-state index in [1.807, 2.05) is 13.8 Å². The molecule has 0 bridgehead atoms. The largest absolute Gasteiger partial charge is 0.357 e. The summed E-state index contributed by atoms with van der Waals surface area (Å²) in [6, 6.07) is 4.67. The summed E-state index contributed by atoms with van der Waals surface area (Å²) >= 11 is 1.80. The van der Waals surface area contributed by atoms with E-state index in [2.05, 4.69) is 43.4 Å². The van der Waals surface area contributed by atoms with E-state index in [0.29, 0.717) is 18.5 Å². The van der Waals surface area contributed by atoms with Crippen molar-refractivity contribution in [3.05, 3.63) is 22.4 Å². The normalized spacial score (nSPS) is 16.8. The first-order valence-corrected chi connectivity index (χ1v) is 9.68. The van der Waals surface area contributed by atoms with Crippen molar-refractivity contribution in [1.82, 2.24) is 20.9 Å². The summed E-state index contributed by atoms with van der Waals surface area (Å²) in [6.07, 6.45) is 2.54. The van der Waals surface area contributed by atoms with E-state index in [-0.39, 0.29) is 12.5 Å². The van der Waals surface area contributed by atoms with E-state index >= 15 is 0 Å². The van der Waals surface area contributed by atoms with Crippen LogP contribution in [0.4, 0.5) is 0 Å². The molecular weight excluding hydrogens is 322 g/mol. The van der Waals surface area contributed by atoms with Crippen LogP contribution in [0.5, 0.6) is 0 Å². The molecule has 7 heteroatoms.